The number of anilines is 1. The van der Waals surface area contributed by atoms with Crippen LogP contribution in [0.5, 0.6) is 0 Å². The van der Waals surface area contributed by atoms with Gasteiger partial charge in [-0.3, -0.25) is 4.79 Å². The van der Waals surface area contributed by atoms with Crippen LogP contribution in [-0.2, 0) is 0 Å². The van der Waals surface area contributed by atoms with E-state index in [0.717, 1.165) is 0 Å². The van der Waals surface area contributed by atoms with E-state index in [1.807, 2.05) is 5.32 Å². The van der Waals surface area contributed by atoms with Crippen LogP contribution >= 0.6 is 15.9 Å². The molecule has 0 aliphatic carbocycles. The molecule has 0 aliphatic heterocycles. The average molecular weight is 326 g/mol. The first-order chi connectivity index (χ1) is 8.25. The number of nitrogens with one attached hydrogen (secondary N) is 1. The summed E-state index contributed by atoms with van der Waals surface area (Å²) < 4.78 is 38.0. The fourth-order valence-corrected chi connectivity index (χ4v) is 1.61. The van der Waals surface area contributed by atoms with Gasteiger partial charge in [0.2, 0.25) is 0 Å². The summed E-state index contributed by atoms with van der Waals surface area (Å²) in [4.78, 5) is 15.4. The van der Waals surface area contributed by atoms with Crippen LogP contribution in [0.25, 0.3) is 0 Å². The summed E-state index contributed by atoms with van der Waals surface area (Å²) in [6.45, 7) is 1.33. The highest BCUT2D eigenvalue weighted by atomic mass is 79.9. The minimum Gasteiger partial charge on any atom is -0.383 e. The number of aromatic nitrogens is 1. The molecule has 3 N–H and O–H groups in total. The van der Waals surface area contributed by atoms with E-state index in [1.54, 1.807) is 0 Å². The first kappa shape index (κ1) is 14.7. The van der Waals surface area contributed by atoms with Gasteiger partial charge in [0.1, 0.15) is 11.9 Å². The fourth-order valence-electron chi connectivity index (χ4n) is 1.28. The van der Waals surface area contributed by atoms with E-state index in [9.17, 15) is 18.0 Å². The molecule has 0 fully saturated rings. The van der Waals surface area contributed by atoms with Gasteiger partial charge in [0.15, 0.2) is 0 Å². The second kappa shape index (κ2) is 5.55. The van der Waals surface area contributed by atoms with Crippen molar-refractivity contribution in [2.75, 3.05) is 5.73 Å². The molecular formula is C10H11BrF3N3O. The molecule has 0 aromatic carbocycles. The molecule has 100 valence electrons. The van der Waals surface area contributed by atoms with Crippen LogP contribution in [0.1, 0.15) is 23.7 Å². The predicted molar refractivity (Wildman–Crippen MR) is 63.9 cm³/mol. The van der Waals surface area contributed by atoms with Crippen molar-refractivity contribution in [2.24, 2.45) is 0 Å². The van der Waals surface area contributed by atoms with Crippen LogP contribution in [0.3, 0.4) is 0 Å². The molecule has 18 heavy (non-hydrogen) atoms. The molecule has 1 aromatic rings. The molecule has 0 unspecified atom stereocenters. The maximum Gasteiger partial charge on any atom is 0.408 e. The van der Waals surface area contributed by atoms with E-state index in [-0.39, 0.29) is 17.8 Å². The Hall–Kier alpha value is -1.31. The fraction of sp³-hybridized carbons (Fsp3) is 0.400. The molecule has 1 rings (SSSR count). The predicted octanol–water partition coefficient (Wildman–Crippen LogP) is 2.50. The monoisotopic (exact) mass is 325 g/mol. The number of pyridine rings is 1. The molecule has 8 heteroatoms. The summed E-state index contributed by atoms with van der Waals surface area (Å²) in [5.74, 6) is -1.02. The van der Waals surface area contributed by atoms with Crippen LogP contribution in [0.15, 0.2) is 16.7 Å². The third kappa shape index (κ3) is 3.59. The Morgan fingerprint density at radius 1 is 1.61 bits per heavy atom. The number of carbonyl (C=O) groups excluding carboxylic acids is 1. The quantitative estimate of drug-likeness (QED) is 0.897. The highest BCUT2D eigenvalue weighted by molar-refractivity contribution is 9.10. The van der Waals surface area contributed by atoms with Crippen LogP contribution in [0, 0.1) is 0 Å². The van der Waals surface area contributed by atoms with Crippen LogP contribution in [-0.4, -0.2) is 23.1 Å². The number of carbonyl (C=O) groups is 1. The maximum atomic E-state index is 12.5. The molecule has 4 nitrogen and oxygen atoms in total. The number of nitrogens with zero attached hydrogens (tertiary/aromatic N) is 1. The van der Waals surface area contributed by atoms with E-state index in [1.165, 1.54) is 19.2 Å². The minimum absolute atomic E-state index is 0.0907. The average Bonchev–Trinajstić information content (AvgIpc) is 2.27. The molecule has 0 radical (unpaired) electrons. The SMILES string of the molecule is CC[C@@H](NC(=O)c1cc(Br)cnc1N)C(F)(F)F. The lowest BCUT2D eigenvalue weighted by Gasteiger charge is -2.20. The first-order valence-electron chi connectivity index (χ1n) is 5.04. The van der Waals surface area contributed by atoms with Crippen LogP contribution in [0.4, 0.5) is 19.0 Å². The van der Waals surface area contributed by atoms with Gasteiger partial charge in [0.05, 0.1) is 5.56 Å². The number of rotatable bonds is 3. The van der Waals surface area contributed by atoms with Gasteiger partial charge >= 0.3 is 6.18 Å². The zero-order valence-electron chi connectivity index (χ0n) is 9.38. The number of hydrogen-bond donors (Lipinski definition) is 2. The summed E-state index contributed by atoms with van der Waals surface area (Å²) in [6, 6.07) is -0.579. The van der Waals surface area contributed by atoms with E-state index < -0.39 is 18.1 Å². The molecular weight excluding hydrogens is 315 g/mol. The van der Waals surface area contributed by atoms with Crippen molar-refractivity contribution in [3.8, 4) is 0 Å². The molecule has 1 amide bonds. The molecule has 1 atom stereocenters. The summed E-state index contributed by atoms with van der Waals surface area (Å²) in [6.07, 6.45) is -3.39. The van der Waals surface area contributed by atoms with Gasteiger partial charge in [-0.25, -0.2) is 4.98 Å². The van der Waals surface area contributed by atoms with E-state index in [0.29, 0.717) is 4.47 Å². The Labute approximate surface area is 110 Å². The molecule has 1 aromatic heterocycles. The Bertz CT molecular complexity index is 450. The summed E-state index contributed by atoms with van der Waals surface area (Å²) in [5.41, 5.74) is 5.35. The van der Waals surface area contributed by atoms with Gasteiger partial charge in [0.25, 0.3) is 5.91 Å². The van der Waals surface area contributed by atoms with E-state index in [2.05, 4.69) is 20.9 Å². The van der Waals surface area contributed by atoms with Gasteiger partial charge in [-0.1, -0.05) is 6.92 Å². The molecule has 0 saturated carbocycles. The largest absolute Gasteiger partial charge is 0.408 e. The number of hydrogen-bond acceptors (Lipinski definition) is 3. The number of amides is 1. The first-order valence-corrected chi connectivity index (χ1v) is 5.83. The Balaban J connectivity index is 2.91. The highest BCUT2D eigenvalue weighted by Crippen LogP contribution is 2.23. The van der Waals surface area contributed by atoms with E-state index >= 15 is 0 Å². The van der Waals surface area contributed by atoms with Gasteiger partial charge in [0, 0.05) is 10.7 Å². The van der Waals surface area contributed by atoms with Gasteiger partial charge in [-0.2, -0.15) is 13.2 Å². The van der Waals surface area contributed by atoms with Crippen molar-refractivity contribution in [3.05, 3.63) is 22.3 Å². The van der Waals surface area contributed by atoms with Crippen molar-refractivity contribution in [3.63, 3.8) is 0 Å². The standard InChI is InChI=1S/C10H11BrF3N3O/c1-2-7(10(12,13)14)17-9(18)6-3-5(11)4-16-8(6)15/h3-4,7H,2H2,1H3,(H2,15,16)(H,17,18)/t7-/m1/s1. The van der Waals surface area contributed by atoms with Crippen molar-refractivity contribution < 1.29 is 18.0 Å². The topological polar surface area (TPSA) is 68.0 Å². The maximum absolute atomic E-state index is 12.5. The van der Waals surface area contributed by atoms with Crippen molar-refractivity contribution in [1.82, 2.24) is 10.3 Å². The Kier molecular flexibility index (Phi) is 4.55. The lowest BCUT2D eigenvalue weighted by Crippen LogP contribution is -2.45. The second-order valence-electron chi connectivity index (χ2n) is 3.56. The van der Waals surface area contributed by atoms with Gasteiger partial charge in [-0.15, -0.1) is 0 Å². The number of nitrogen functional groups attached to an aromatic ring is 1. The number of alkyl halides is 3. The lowest BCUT2D eigenvalue weighted by molar-refractivity contribution is -0.153. The zero-order chi connectivity index (χ0) is 13.9. The summed E-state index contributed by atoms with van der Waals surface area (Å²) >= 11 is 3.07. The lowest BCUT2D eigenvalue weighted by atomic mass is 10.2. The third-order valence-electron chi connectivity index (χ3n) is 2.24. The minimum atomic E-state index is -4.49. The second-order valence-corrected chi connectivity index (χ2v) is 4.48. The van der Waals surface area contributed by atoms with Crippen LogP contribution in [0.2, 0.25) is 0 Å². The molecule has 0 bridgehead atoms. The molecule has 0 spiro atoms. The summed E-state index contributed by atoms with van der Waals surface area (Å²) in [7, 11) is 0. The normalized spacial score (nSPS) is 13.2. The van der Waals surface area contributed by atoms with Gasteiger partial charge in [-0.05, 0) is 28.4 Å². The smallest absolute Gasteiger partial charge is 0.383 e. The Morgan fingerprint density at radius 2 is 2.22 bits per heavy atom. The van der Waals surface area contributed by atoms with Crippen molar-refractivity contribution >= 4 is 27.7 Å². The number of nitrogens with two attached hydrogens (primary N) is 1. The van der Waals surface area contributed by atoms with Crippen LogP contribution < -0.4 is 11.1 Å². The molecule has 0 saturated heterocycles. The molecule has 0 aliphatic rings. The number of halogens is 4. The van der Waals surface area contributed by atoms with Crippen molar-refractivity contribution in [2.45, 2.75) is 25.6 Å². The molecule has 1 heterocycles. The van der Waals surface area contributed by atoms with E-state index in [4.69, 9.17) is 5.73 Å². The zero-order valence-corrected chi connectivity index (χ0v) is 11.0. The highest BCUT2D eigenvalue weighted by Gasteiger charge is 2.39. The Morgan fingerprint density at radius 3 is 2.72 bits per heavy atom. The third-order valence-corrected chi connectivity index (χ3v) is 2.67. The van der Waals surface area contributed by atoms with Crippen molar-refractivity contribution in [1.29, 1.82) is 0 Å². The summed E-state index contributed by atoms with van der Waals surface area (Å²) in [5, 5.41) is 1.89. The van der Waals surface area contributed by atoms with Gasteiger partial charge < -0.3 is 11.1 Å².